The van der Waals surface area contributed by atoms with E-state index in [0.29, 0.717) is 0 Å². The van der Waals surface area contributed by atoms with Gasteiger partial charge in [0.05, 0.1) is 0 Å². The molecule has 0 radical (unpaired) electrons. The first-order valence-electron chi connectivity index (χ1n) is 7.99. The van der Waals surface area contributed by atoms with Gasteiger partial charge >= 0.3 is 0 Å². The molecule has 0 aromatic heterocycles. The van der Waals surface area contributed by atoms with Crippen LogP contribution in [0.4, 0.5) is 0 Å². The van der Waals surface area contributed by atoms with Gasteiger partial charge in [0, 0.05) is 34.8 Å². The topological polar surface area (TPSA) is 15.3 Å². The quantitative estimate of drug-likeness (QED) is 0.920. The number of hydrogen-bond acceptors (Lipinski definition) is 3. The normalized spacial score (nSPS) is 35.5. The summed E-state index contributed by atoms with van der Waals surface area (Å²) in [5.41, 5.74) is 1.56. The van der Waals surface area contributed by atoms with Crippen LogP contribution < -0.4 is 5.32 Å². The Morgan fingerprint density at radius 3 is 2.70 bits per heavy atom. The maximum atomic E-state index is 3.75. The number of piperidine rings is 1. The number of nitrogens with one attached hydrogen (secondary N) is 1. The van der Waals surface area contributed by atoms with Crippen LogP contribution in [0.3, 0.4) is 0 Å². The molecule has 3 heteroatoms. The van der Waals surface area contributed by atoms with Crippen LogP contribution in [0.15, 0.2) is 29.2 Å². The van der Waals surface area contributed by atoms with E-state index in [2.05, 4.69) is 53.3 Å². The van der Waals surface area contributed by atoms with Crippen molar-refractivity contribution in [1.82, 2.24) is 10.2 Å². The van der Waals surface area contributed by atoms with E-state index in [0.717, 1.165) is 23.4 Å². The number of nitrogens with zero attached hydrogens (tertiary/aromatic N) is 1. The molecule has 2 bridgehead atoms. The van der Waals surface area contributed by atoms with E-state index in [4.69, 9.17) is 0 Å². The summed E-state index contributed by atoms with van der Waals surface area (Å²) in [4.78, 5) is 4.16. The van der Waals surface area contributed by atoms with E-state index in [1.807, 2.05) is 0 Å². The van der Waals surface area contributed by atoms with Gasteiger partial charge in [-0.15, -0.1) is 11.8 Å². The Morgan fingerprint density at radius 1 is 1.20 bits per heavy atom. The molecule has 1 aromatic carbocycles. The molecule has 3 aliphatic heterocycles. The van der Waals surface area contributed by atoms with Crippen LogP contribution in [0.25, 0.3) is 0 Å². The summed E-state index contributed by atoms with van der Waals surface area (Å²) in [6, 6.07) is 11.3. The minimum absolute atomic E-state index is 0.755. The summed E-state index contributed by atoms with van der Waals surface area (Å²) >= 11 is 2.09. The maximum Gasteiger partial charge on any atom is 0.0263 e. The Balaban J connectivity index is 1.36. The minimum atomic E-state index is 0.755. The summed E-state index contributed by atoms with van der Waals surface area (Å²) in [6.45, 7) is 1.24. The van der Waals surface area contributed by atoms with Crippen molar-refractivity contribution in [2.75, 3.05) is 13.6 Å². The van der Waals surface area contributed by atoms with Gasteiger partial charge in [0.15, 0.2) is 0 Å². The molecule has 1 aromatic rings. The first-order valence-corrected chi connectivity index (χ1v) is 8.87. The van der Waals surface area contributed by atoms with Crippen molar-refractivity contribution in [1.29, 1.82) is 0 Å². The molecule has 3 unspecified atom stereocenters. The zero-order chi connectivity index (χ0) is 13.5. The summed E-state index contributed by atoms with van der Waals surface area (Å²) < 4.78 is 0. The number of rotatable bonds is 3. The van der Waals surface area contributed by atoms with Crippen molar-refractivity contribution < 1.29 is 0 Å². The highest BCUT2D eigenvalue weighted by atomic mass is 32.2. The number of benzene rings is 1. The molecular weight excluding hydrogens is 264 g/mol. The Bertz CT molecular complexity index is 453. The van der Waals surface area contributed by atoms with E-state index < -0.39 is 0 Å². The van der Waals surface area contributed by atoms with Gasteiger partial charge in [-0.3, -0.25) is 0 Å². The lowest BCUT2D eigenvalue weighted by Crippen LogP contribution is -2.48. The fourth-order valence-corrected chi connectivity index (χ4v) is 5.60. The van der Waals surface area contributed by atoms with E-state index in [1.54, 1.807) is 5.56 Å². The van der Waals surface area contributed by atoms with Crippen molar-refractivity contribution in [3.8, 4) is 0 Å². The molecule has 1 N–H and O–H groups in total. The van der Waals surface area contributed by atoms with Crippen LogP contribution >= 0.6 is 11.8 Å². The van der Waals surface area contributed by atoms with Crippen molar-refractivity contribution in [3.05, 3.63) is 29.8 Å². The number of hydrogen-bond donors (Lipinski definition) is 1. The predicted molar refractivity (Wildman–Crippen MR) is 85.4 cm³/mol. The molecule has 0 saturated carbocycles. The van der Waals surface area contributed by atoms with Gasteiger partial charge in [-0.1, -0.05) is 18.2 Å². The molecule has 4 rings (SSSR count). The Labute approximate surface area is 126 Å². The average molecular weight is 288 g/mol. The summed E-state index contributed by atoms with van der Waals surface area (Å²) in [7, 11) is 2.35. The lowest BCUT2D eigenvalue weighted by atomic mass is 9.98. The lowest BCUT2D eigenvalue weighted by Gasteiger charge is -2.36. The third-order valence-corrected chi connectivity index (χ3v) is 6.58. The van der Waals surface area contributed by atoms with E-state index in [9.17, 15) is 0 Å². The van der Waals surface area contributed by atoms with E-state index >= 15 is 0 Å². The van der Waals surface area contributed by atoms with Gasteiger partial charge in [-0.2, -0.15) is 0 Å². The van der Waals surface area contributed by atoms with Crippen molar-refractivity contribution in [2.24, 2.45) is 0 Å². The molecule has 3 heterocycles. The molecule has 3 aliphatic rings. The Hall–Kier alpha value is -0.510. The molecule has 20 heavy (non-hydrogen) atoms. The zero-order valence-corrected chi connectivity index (χ0v) is 13.0. The second kappa shape index (κ2) is 5.36. The predicted octanol–water partition coefficient (Wildman–Crippen LogP) is 2.92. The average Bonchev–Trinajstić information content (AvgIpc) is 3.01. The molecule has 0 aliphatic carbocycles. The SMILES string of the molecule is CN(CC1Cc2ccccc2S1)C1CC2CCC(C1)N2. The molecular formula is C17H24N2S. The van der Waals surface area contributed by atoms with Gasteiger partial charge in [0.2, 0.25) is 0 Å². The van der Waals surface area contributed by atoms with Gasteiger partial charge in [-0.05, 0) is 50.8 Å². The molecule has 2 fully saturated rings. The third kappa shape index (κ3) is 2.51. The Kier molecular flexibility index (Phi) is 3.53. The monoisotopic (exact) mass is 288 g/mol. The lowest BCUT2D eigenvalue weighted by molar-refractivity contribution is 0.173. The van der Waals surface area contributed by atoms with Gasteiger partial charge in [-0.25, -0.2) is 0 Å². The molecule has 108 valence electrons. The highest BCUT2D eigenvalue weighted by Crippen LogP contribution is 2.38. The Morgan fingerprint density at radius 2 is 1.95 bits per heavy atom. The van der Waals surface area contributed by atoms with Crippen LogP contribution in [0, 0.1) is 0 Å². The van der Waals surface area contributed by atoms with Crippen molar-refractivity contribution in [2.45, 2.75) is 60.4 Å². The molecule has 2 saturated heterocycles. The fraction of sp³-hybridized carbons (Fsp3) is 0.647. The molecule has 0 spiro atoms. The highest BCUT2D eigenvalue weighted by molar-refractivity contribution is 8.00. The smallest absolute Gasteiger partial charge is 0.0263 e. The van der Waals surface area contributed by atoms with Crippen LogP contribution in [-0.2, 0) is 6.42 Å². The van der Waals surface area contributed by atoms with Gasteiger partial charge < -0.3 is 10.2 Å². The zero-order valence-electron chi connectivity index (χ0n) is 12.2. The molecule has 2 nitrogen and oxygen atoms in total. The van der Waals surface area contributed by atoms with Crippen LogP contribution in [-0.4, -0.2) is 41.9 Å². The molecule has 3 atom stereocenters. The number of thioether (sulfide) groups is 1. The highest BCUT2D eigenvalue weighted by Gasteiger charge is 2.36. The second-order valence-corrected chi connectivity index (χ2v) is 8.10. The minimum Gasteiger partial charge on any atom is -0.311 e. The third-order valence-electron chi connectivity index (χ3n) is 5.28. The van der Waals surface area contributed by atoms with Crippen molar-refractivity contribution >= 4 is 11.8 Å². The molecule has 0 amide bonds. The number of fused-ring (bicyclic) bond motifs is 3. The van der Waals surface area contributed by atoms with Gasteiger partial charge in [0.1, 0.15) is 0 Å². The first kappa shape index (κ1) is 13.2. The van der Waals surface area contributed by atoms with E-state index in [1.165, 1.54) is 43.5 Å². The first-order chi connectivity index (χ1) is 9.78. The summed E-state index contributed by atoms with van der Waals surface area (Å²) in [5.74, 6) is 0. The standard InChI is InChI=1S/C17H24N2S/c1-19(15-9-13-6-7-14(10-15)18-13)11-16-8-12-4-2-3-5-17(12)20-16/h2-5,13-16,18H,6-11H2,1H3. The van der Waals surface area contributed by atoms with Crippen molar-refractivity contribution in [3.63, 3.8) is 0 Å². The second-order valence-electron chi connectivity index (χ2n) is 6.75. The largest absolute Gasteiger partial charge is 0.311 e. The van der Waals surface area contributed by atoms with Crippen LogP contribution in [0.1, 0.15) is 31.2 Å². The summed E-state index contributed by atoms with van der Waals surface area (Å²) in [6.07, 6.45) is 6.77. The van der Waals surface area contributed by atoms with Crippen LogP contribution in [0.5, 0.6) is 0 Å². The van der Waals surface area contributed by atoms with Gasteiger partial charge in [0.25, 0.3) is 0 Å². The summed E-state index contributed by atoms with van der Waals surface area (Å²) in [5, 5.41) is 4.51. The fourth-order valence-electron chi connectivity index (χ4n) is 4.21. The van der Waals surface area contributed by atoms with E-state index in [-0.39, 0.29) is 0 Å². The van der Waals surface area contributed by atoms with Crippen LogP contribution in [0.2, 0.25) is 0 Å². The maximum absolute atomic E-state index is 3.75.